The van der Waals surface area contributed by atoms with E-state index in [9.17, 15) is 24.9 Å². The second-order valence-electron chi connectivity index (χ2n) is 19.7. The van der Waals surface area contributed by atoms with Crippen molar-refractivity contribution in [1.29, 1.82) is 0 Å². The van der Waals surface area contributed by atoms with Crippen molar-refractivity contribution in [1.82, 2.24) is 30.3 Å². The lowest BCUT2D eigenvalue weighted by molar-refractivity contribution is -0.136. The number of piperazine rings is 1. The number of rotatable bonds is 18. The Labute approximate surface area is 405 Å². The van der Waals surface area contributed by atoms with Gasteiger partial charge in [0, 0.05) is 58.3 Å². The second kappa shape index (κ2) is 22.5. The molecule has 0 spiro atoms. The Balaban J connectivity index is 0.740. The molecule has 1 unspecified atom stereocenters. The quantitative estimate of drug-likeness (QED) is 0.0628. The highest BCUT2D eigenvalue weighted by Crippen LogP contribution is 2.47. The minimum absolute atomic E-state index is 0.107. The number of aliphatic hydroxyl groups is 2. The first kappa shape index (κ1) is 49.2. The summed E-state index contributed by atoms with van der Waals surface area (Å²) in [7, 11) is 0. The molecule has 8 rings (SSSR count). The van der Waals surface area contributed by atoms with Gasteiger partial charge in [-0.05, 0) is 95.2 Å². The molecule has 6 atom stereocenters. The molecule has 14 heteroatoms. The number of carbonyl (C=O) groups is 2. The number of β-amino-alcohol motifs (C(OH)–C–C–N with tert-alkyl or cyclic N) is 1. The number of phenolic OH excluding ortho intramolecular Hbond substituents is 1. The van der Waals surface area contributed by atoms with Crippen molar-refractivity contribution in [2.24, 2.45) is 5.41 Å². The van der Waals surface area contributed by atoms with E-state index in [0.29, 0.717) is 38.0 Å². The van der Waals surface area contributed by atoms with Gasteiger partial charge >= 0.3 is 0 Å². The maximum atomic E-state index is 13.5. The summed E-state index contributed by atoms with van der Waals surface area (Å²) in [5.74, 6) is 1.09. The lowest BCUT2D eigenvalue weighted by Crippen LogP contribution is -2.60. The molecule has 2 saturated heterocycles. The van der Waals surface area contributed by atoms with Gasteiger partial charge in [-0.15, -0.1) is 11.3 Å². The summed E-state index contributed by atoms with van der Waals surface area (Å²) in [6.07, 6.45) is 0.139. The van der Waals surface area contributed by atoms with E-state index in [4.69, 9.17) is 9.47 Å². The van der Waals surface area contributed by atoms with Crippen LogP contribution < -0.4 is 15.4 Å². The first-order valence-electron chi connectivity index (χ1n) is 24.1. The first-order valence-corrected chi connectivity index (χ1v) is 25.0. The average molecular weight is 945 g/mol. The lowest BCUT2D eigenvalue weighted by atomic mass is 9.69. The fourth-order valence-corrected chi connectivity index (χ4v) is 10.9. The number of thiazole rings is 1. The largest absolute Gasteiger partial charge is 0.508 e. The molecular formula is C54H68N6O7S. The Bertz CT molecular complexity index is 2420. The van der Waals surface area contributed by atoms with E-state index >= 15 is 0 Å². The summed E-state index contributed by atoms with van der Waals surface area (Å²) in [6.45, 7) is 14.1. The monoisotopic (exact) mass is 944 g/mol. The predicted molar refractivity (Wildman–Crippen MR) is 266 cm³/mol. The van der Waals surface area contributed by atoms with Crippen LogP contribution >= 0.6 is 11.3 Å². The van der Waals surface area contributed by atoms with Crippen LogP contribution in [0.5, 0.6) is 11.5 Å². The number of aromatic hydroxyl groups is 1. The van der Waals surface area contributed by atoms with Crippen molar-refractivity contribution < 1.29 is 34.4 Å². The Kier molecular flexibility index (Phi) is 16.3. The topological polar surface area (TPSA) is 160 Å². The van der Waals surface area contributed by atoms with E-state index in [1.165, 1.54) is 22.3 Å². The van der Waals surface area contributed by atoms with Crippen LogP contribution in [-0.2, 0) is 27.3 Å². The molecule has 2 fully saturated rings. The molecule has 5 aromatic rings. The number of nitrogens with one attached hydrogen (secondary N) is 2. The highest BCUT2D eigenvalue weighted by atomic mass is 32.1. The van der Waals surface area contributed by atoms with Crippen LogP contribution in [0.15, 0.2) is 103 Å². The van der Waals surface area contributed by atoms with Gasteiger partial charge in [0.2, 0.25) is 11.8 Å². The van der Waals surface area contributed by atoms with E-state index in [2.05, 4.69) is 86.1 Å². The van der Waals surface area contributed by atoms with E-state index in [-0.39, 0.29) is 37.3 Å². The molecule has 1 aliphatic carbocycles. The minimum Gasteiger partial charge on any atom is -0.508 e. The number of hydrogen-bond acceptors (Lipinski definition) is 12. The SMILES string of the molecule is Cc1ncsc1-c1ccc(CNC(=O)[C@@H]2C[C@@H](O)CN2C(O)[C@@H](NC(=O)COCCN2CCN(CCOc3ccc([C@H]4c5ccc(O)cc5CC[C@H]4c4ccccc4)cc3)CC2)C(C)(C)C)cc1. The summed E-state index contributed by atoms with van der Waals surface area (Å²) in [4.78, 5) is 38.6. The number of benzene rings is 4. The van der Waals surface area contributed by atoms with Crippen LogP contribution in [-0.4, -0.2) is 137 Å². The Morgan fingerprint density at radius 1 is 0.897 bits per heavy atom. The number of aromatic nitrogens is 1. The summed E-state index contributed by atoms with van der Waals surface area (Å²) < 4.78 is 12.1. The molecule has 68 heavy (non-hydrogen) atoms. The molecule has 5 N–H and O–H groups in total. The first-order chi connectivity index (χ1) is 32.8. The Morgan fingerprint density at radius 2 is 1.60 bits per heavy atom. The van der Waals surface area contributed by atoms with Gasteiger partial charge in [-0.1, -0.05) is 93.6 Å². The van der Waals surface area contributed by atoms with Crippen LogP contribution in [0.4, 0.5) is 0 Å². The van der Waals surface area contributed by atoms with Crippen LogP contribution in [0.1, 0.15) is 79.0 Å². The average Bonchev–Trinajstić information content (AvgIpc) is 3.96. The van der Waals surface area contributed by atoms with Gasteiger partial charge in [-0.3, -0.25) is 24.3 Å². The number of carbonyl (C=O) groups excluding carboxylic acids is 2. The van der Waals surface area contributed by atoms with Gasteiger partial charge in [0.25, 0.3) is 0 Å². The number of ether oxygens (including phenoxy) is 2. The van der Waals surface area contributed by atoms with Gasteiger partial charge in [0.05, 0.1) is 40.9 Å². The van der Waals surface area contributed by atoms with Crippen molar-refractivity contribution in [2.75, 3.05) is 65.6 Å². The van der Waals surface area contributed by atoms with Crippen molar-refractivity contribution in [3.8, 4) is 21.9 Å². The molecule has 13 nitrogen and oxygen atoms in total. The maximum absolute atomic E-state index is 13.5. The molecule has 3 heterocycles. The zero-order chi connectivity index (χ0) is 47.8. The number of likely N-dealkylation sites (tertiary alicyclic amines) is 1. The molecule has 2 aliphatic heterocycles. The molecule has 0 saturated carbocycles. The smallest absolute Gasteiger partial charge is 0.246 e. The van der Waals surface area contributed by atoms with Gasteiger partial charge in [-0.25, -0.2) is 4.98 Å². The predicted octanol–water partition coefficient (Wildman–Crippen LogP) is 6.30. The standard InChI is InChI=1S/C54H68N6O7S/c1-36-50(68-35-56-36)40-12-10-37(11-13-40)32-55-52(64)47-31-43(62)33-60(47)53(65)51(54(2,3)4)57-48(63)34-66-28-26-58-22-24-59(25-23-58)27-29-67-44-18-14-39(15-19-44)49-45(38-8-6-5-7-9-38)20-16-41-30-42(61)17-21-46(41)49/h5-15,17-19,21,30,35,43,45,47,49,51,53,61-62,65H,16,20,22-29,31-34H2,1-4H3,(H,55,64)(H,57,63)/t43-,45+,47+,49-,51-,53?/m1/s1. The van der Waals surface area contributed by atoms with Crippen molar-refractivity contribution in [3.63, 3.8) is 0 Å². The third kappa shape index (κ3) is 12.3. The summed E-state index contributed by atoms with van der Waals surface area (Å²) in [5.41, 5.74) is 9.33. The Morgan fingerprint density at radius 3 is 2.28 bits per heavy atom. The van der Waals surface area contributed by atoms with E-state index in [1.54, 1.807) is 22.3 Å². The third-order valence-electron chi connectivity index (χ3n) is 13.9. The number of aryl methyl sites for hydroxylation is 2. The van der Waals surface area contributed by atoms with Gasteiger partial charge in [-0.2, -0.15) is 0 Å². The van der Waals surface area contributed by atoms with E-state index in [0.717, 1.165) is 73.0 Å². The second-order valence-corrected chi connectivity index (χ2v) is 20.5. The molecule has 362 valence electrons. The molecular weight excluding hydrogens is 877 g/mol. The van der Waals surface area contributed by atoms with Crippen molar-refractivity contribution in [2.45, 2.75) is 89.8 Å². The summed E-state index contributed by atoms with van der Waals surface area (Å²) >= 11 is 1.59. The van der Waals surface area contributed by atoms with Crippen LogP contribution in [0.2, 0.25) is 0 Å². The number of aliphatic hydroxyl groups excluding tert-OH is 2. The zero-order valence-corrected chi connectivity index (χ0v) is 40.7. The van der Waals surface area contributed by atoms with Gasteiger partial charge in [0.15, 0.2) is 0 Å². The number of fused-ring (bicyclic) bond motifs is 1. The zero-order valence-electron chi connectivity index (χ0n) is 39.9. The van der Waals surface area contributed by atoms with E-state index in [1.807, 2.05) is 63.5 Å². The fourth-order valence-electron chi connectivity index (χ4n) is 10.1. The number of amides is 2. The third-order valence-corrected chi connectivity index (χ3v) is 14.9. The minimum atomic E-state index is -1.22. The molecule has 0 radical (unpaired) electrons. The normalized spacial score (nSPS) is 21.2. The molecule has 2 amide bonds. The van der Waals surface area contributed by atoms with Crippen LogP contribution in [0.3, 0.4) is 0 Å². The number of nitrogens with zero attached hydrogens (tertiary/aromatic N) is 4. The van der Waals surface area contributed by atoms with Crippen LogP contribution in [0.25, 0.3) is 10.4 Å². The maximum Gasteiger partial charge on any atom is 0.246 e. The Hall–Kier alpha value is -5.19. The van der Waals surface area contributed by atoms with Crippen molar-refractivity contribution in [3.05, 3.63) is 136 Å². The van der Waals surface area contributed by atoms with E-state index < -0.39 is 29.8 Å². The van der Waals surface area contributed by atoms with Gasteiger partial charge < -0.3 is 35.4 Å². The number of hydrogen-bond donors (Lipinski definition) is 5. The van der Waals surface area contributed by atoms with Crippen molar-refractivity contribution >= 4 is 23.2 Å². The molecule has 1 aromatic heterocycles. The highest BCUT2D eigenvalue weighted by molar-refractivity contribution is 7.13. The molecule has 0 bridgehead atoms. The fraction of sp³-hybridized carbons (Fsp3) is 0.463. The summed E-state index contributed by atoms with van der Waals surface area (Å²) in [5, 5.41) is 38.5. The molecule has 3 aliphatic rings. The number of phenols is 1. The van der Waals surface area contributed by atoms with Gasteiger partial charge in [0.1, 0.15) is 30.9 Å². The van der Waals surface area contributed by atoms with Crippen LogP contribution in [0, 0.1) is 12.3 Å². The highest BCUT2D eigenvalue weighted by Gasteiger charge is 2.45. The lowest BCUT2D eigenvalue weighted by Gasteiger charge is -2.40. The molecule has 4 aromatic carbocycles. The summed E-state index contributed by atoms with van der Waals surface area (Å²) in [6, 6.07) is 31.6.